The van der Waals surface area contributed by atoms with Gasteiger partial charge in [-0.05, 0) is 55.3 Å². The number of aliphatic hydroxyl groups excluding tert-OH is 1. The van der Waals surface area contributed by atoms with Crippen LogP contribution in [0.2, 0.25) is 0 Å². The maximum absolute atomic E-state index is 10.3. The molecular formula is C19H32ClNO2. The number of hydrogen-bond acceptors (Lipinski definition) is 3. The highest BCUT2D eigenvalue weighted by molar-refractivity contribution is 5.85. The molecule has 1 aromatic carbocycles. The number of aryl methyl sites for hydroxylation is 1. The number of rotatable bonds is 6. The molecule has 0 amide bonds. The van der Waals surface area contributed by atoms with Gasteiger partial charge in [-0.25, -0.2) is 0 Å². The molecule has 132 valence electrons. The molecule has 1 aliphatic rings. The molecule has 2 atom stereocenters. The van der Waals surface area contributed by atoms with Gasteiger partial charge in [0.2, 0.25) is 0 Å². The first-order valence-corrected chi connectivity index (χ1v) is 8.59. The number of ether oxygens (including phenoxy) is 1. The quantitative estimate of drug-likeness (QED) is 0.848. The predicted molar refractivity (Wildman–Crippen MR) is 98.9 cm³/mol. The number of benzene rings is 1. The molecule has 1 aromatic rings. The molecule has 0 saturated carbocycles. The highest BCUT2D eigenvalue weighted by atomic mass is 35.5. The molecule has 23 heavy (non-hydrogen) atoms. The lowest BCUT2D eigenvalue weighted by atomic mass is 10.00. The zero-order valence-corrected chi connectivity index (χ0v) is 15.7. The van der Waals surface area contributed by atoms with Crippen LogP contribution in [0.3, 0.4) is 0 Å². The largest absolute Gasteiger partial charge is 0.491 e. The fourth-order valence-corrected chi connectivity index (χ4v) is 3.23. The van der Waals surface area contributed by atoms with Crippen LogP contribution in [0.5, 0.6) is 5.75 Å². The molecule has 0 radical (unpaired) electrons. The standard InChI is InChI=1S/C19H31NO2.ClH/c1-14(2)18-8-7-15(3)10-19(18)22-13-17(21)12-20-9-5-6-16(4)11-20;/h7-8,10,14,16-17,21H,5-6,9,11-13H2,1-4H3;1H. The maximum Gasteiger partial charge on any atom is 0.123 e. The Bertz CT molecular complexity index is 478. The zero-order valence-electron chi connectivity index (χ0n) is 14.9. The van der Waals surface area contributed by atoms with Gasteiger partial charge in [0.25, 0.3) is 0 Å². The van der Waals surface area contributed by atoms with E-state index in [0.29, 0.717) is 19.1 Å². The molecule has 1 heterocycles. The van der Waals surface area contributed by atoms with Crippen molar-refractivity contribution in [3.8, 4) is 5.75 Å². The van der Waals surface area contributed by atoms with E-state index in [1.54, 1.807) is 0 Å². The van der Waals surface area contributed by atoms with E-state index in [4.69, 9.17) is 4.74 Å². The second-order valence-corrected chi connectivity index (χ2v) is 7.17. The number of β-amino-alcohol motifs (C(OH)–C–C–N with tert-alkyl or cyclic N) is 1. The van der Waals surface area contributed by atoms with E-state index in [9.17, 15) is 5.11 Å². The lowest BCUT2D eigenvalue weighted by molar-refractivity contribution is 0.0534. The number of piperidine rings is 1. The van der Waals surface area contributed by atoms with Crippen molar-refractivity contribution in [2.75, 3.05) is 26.2 Å². The van der Waals surface area contributed by atoms with Gasteiger partial charge >= 0.3 is 0 Å². The van der Waals surface area contributed by atoms with Gasteiger partial charge in [-0.3, -0.25) is 0 Å². The Kier molecular flexibility index (Phi) is 8.38. The maximum atomic E-state index is 10.3. The summed E-state index contributed by atoms with van der Waals surface area (Å²) in [4.78, 5) is 2.36. The van der Waals surface area contributed by atoms with Crippen molar-refractivity contribution >= 4 is 12.4 Å². The van der Waals surface area contributed by atoms with Gasteiger partial charge in [-0.15, -0.1) is 12.4 Å². The van der Waals surface area contributed by atoms with Gasteiger partial charge in [0.05, 0.1) is 0 Å². The Morgan fingerprint density at radius 3 is 2.74 bits per heavy atom. The summed E-state index contributed by atoms with van der Waals surface area (Å²) in [5.74, 6) is 2.09. The van der Waals surface area contributed by atoms with E-state index in [2.05, 4.69) is 50.8 Å². The monoisotopic (exact) mass is 341 g/mol. The minimum atomic E-state index is -0.425. The van der Waals surface area contributed by atoms with E-state index in [1.165, 1.54) is 24.0 Å². The first kappa shape index (κ1) is 20.3. The molecule has 3 nitrogen and oxygen atoms in total. The molecule has 1 aliphatic heterocycles. The summed E-state index contributed by atoms with van der Waals surface area (Å²) in [6.07, 6.45) is 2.12. The van der Waals surface area contributed by atoms with Gasteiger partial charge in [0.15, 0.2) is 0 Å². The molecule has 2 unspecified atom stereocenters. The van der Waals surface area contributed by atoms with Crippen LogP contribution >= 0.6 is 12.4 Å². The number of aliphatic hydroxyl groups is 1. The van der Waals surface area contributed by atoms with Gasteiger partial charge in [-0.1, -0.05) is 32.9 Å². The summed E-state index contributed by atoms with van der Waals surface area (Å²) in [6, 6.07) is 6.33. The molecule has 0 aliphatic carbocycles. The molecule has 0 aromatic heterocycles. The Morgan fingerprint density at radius 1 is 1.35 bits per heavy atom. The summed E-state index contributed by atoms with van der Waals surface area (Å²) in [7, 11) is 0. The third kappa shape index (κ3) is 6.33. The van der Waals surface area contributed by atoms with Crippen molar-refractivity contribution in [3.05, 3.63) is 29.3 Å². The summed E-state index contributed by atoms with van der Waals surface area (Å²) in [5.41, 5.74) is 2.41. The summed E-state index contributed by atoms with van der Waals surface area (Å²) in [6.45, 7) is 12.0. The highest BCUT2D eigenvalue weighted by Gasteiger charge is 2.19. The summed E-state index contributed by atoms with van der Waals surface area (Å²) >= 11 is 0. The molecule has 1 N–H and O–H groups in total. The number of nitrogens with zero attached hydrogens (tertiary/aromatic N) is 1. The Labute approximate surface area is 147 Å². The van der Waals surface area contributed by atoms with Crippen LogP contribution in [-0.4, -0.2) is 42.4 Å². The number of likely N-dealkylation sites (tertiary alicyclic amines) is 1. The average molecular weight is 342 g/mol. The van der Waals surface area contributed by atoms with Crippen molar-refractivity contribution in [2.45, 2.75) is 52.6 Å². The fourth-order valence-electron chi connectivity index (χ4n) is 3.23. The Balaban J connectivity index is 0.00000264. The first-order chi connectivity index (χ1) is 10.5. The van der Waals surface area contributed by atoms with Crippen LogP contribution in [0.4, 0.5) is 0 Å². The molecule has 4 heteroatoms. The average Bonchev–Trinajstić information content (AvgIpc) is 2.45. The smallest absolute Gasteiger partial charge is 0.123 e. The molecule has 1 saturated heterocycles. The minimum absolute atomic E-state index is 0. The van der Waals surface area contributed by atoms with E-state index in [0.717, 1.165) is 24.8 Å². The lowest BCUT2D eigenvalue weighted by Crippen LogP contribution is -2.41. The Hall–Kier alpha value is -0.770. The van der Waals surface area contributed by atoms with E-state index < -0.39 is 6.10 Å². The van der Waals surface area contributed by atoms with Crippen molar-refractivity contribution < 1.29 is 9.84 Å². The highest BCUT2D eigenvalue weighted by Crippen LogP contribution is 2.27. The summed E-state index contributed by atoms with van der Waals surface area (Å²) in [5, 5.41) is 10.3. The van der Waals surface area contributed by atoms with Crippen molar-refractivity contribution in [2.24, 2.45) is 5.92 Å². The van der Waals surface area contributed by atoms with E-state index >= 15 is 0 Å². The summed E-state index contributed by atoms with van der Waals surface area (Å²) < 4.78 is 5.93. The molecular weight excluding hydrogens is 310 g/mol. The van der Waals surface area contributed by atoms with Crippen LogP contribution in [0.25, 0.3) is 0 Å². The molecule has 0 bridgehead atoms. The molecule has 1 fully saturated rings. The van der Waals surface area contributed by atoms with Crippen molar-refractivity contribution in [1.82, 2.24) is 4.90 Å². The van der Waals surface area contributed by atoms with E-state index in [1.807, 2.05) is 0 Å². The van der Waals surface area contributed by atoms with Crippen molar-refractivity contribution in [3.63, 3.8) is 0 Å². The third-order valence-corrected chi connectivity index (χ3v) is 4.43. The SMILES string of the molecule is Cc1ccc(C(C)C)c(OCC(O)CN2CCCC(C)C2)c1.Cl. The van der Waals surface area contributed by atoms with Crippen LogP contribution < -0.4 is 4.74 Å². The van der Waals surface area contributed by atoms with Crippen LogP contribution in [-0.2, 0) is 0 Å². The first-order valence-electron chi connectivity index (χ1n) is 8.59. The van der Waals surface area contributed by atoms with Gasteiger partial charge in [-0.2, -0.15) is 0 Å². The van der Waals surface area contributed by atoms with Crippen LogP contribution in [0.15, 0.2) is 18.2 Å². The van der Waals surface area contributed by atoms with Gasteiger partial charge in [0, 0.05) is 13.1 Å². The van der Waals surface area contributed by atoms with Crippen molar-refractivity contribution in [1.29, 1.82) is 0 Å². The third-order valence-electron chi connectivity index (χ3n) is 4.43. The molecule has 0 spiro atoms. The van der Waals surface area contributed by atoms with Gasteiger partial charge in [0.1, 0.15) is 18.5 Å². The topological polar surface area (TPSA) is 32.7 Å². The second-order valence-electron chi connectivity index (χ2n) is 7.17. The van der Waals surface area contributed by atoms with Crippen LogP contribution in [0, 0.1) is 12.8 Å². The van der Waals surface area contributed by atoms with Gasteiger partial charge < -0.3 is 14.7 Å². The minimum Gasteiger partial charge on any atom is -0.491 e. The molecule has 2 rings (SSSR count). The normalized spacial score (nSPS) is 20.2. The lowest BCUT2D eigenvalue weighted by Gasteiger charge is -2.32. The van der Waals surface area contributed by atoms with Crippen LogP contribution in [0.1, 0.15) is 50.7 Å². The number of hydrogen-bond donors (Lipinski definition) is 1. The fraction of sp³-hybridized carbons (Fsp3) is 0.684. The Morgan fingerprint density at radius 2 is 2.09 bits per heavy atom. The number of halogens is 1. The zero-order chi connectivity index (χ0) is 16.1. The second kappa shape index (κ2) is 9.51. The predicted octanol–water partition coefficient (Wildman–Crippen LogP) is 4.01. The van der Waals surface area contributed by atoms with E-state index in [-0.39, 0.29) is 12.4 Å².